The normalized spacial score (nSPS) is 21.8. The van der Waals surface area contributed by atoms with E-state index in [0.717, 1.165) is 71.7 Å². The fourth-order valence-corrected chi connectivity index (χ4v) is 5.75. The quantitative estimate of drug-likeness (QED) is 0.526. The summed E-state index contributed by atoms with van der Waals surface area (Å²) in [5, 5.41) is 0.0572. The summed E-state index contributed by atoms with van der Waals surface area (Å²) in [7, 11) is 1.96. The Morgan fingerprint density at radius 2 is 1.76 bits per heavy atom. The zero-order chi connectivity index (χ0) is 23.2. The lowest BCUT2D eigenvalue weighted by Gasteiger charge is -2.42. The fraction of sp³-hybridized carbons (Fsp3) is 0.720. The molecule has 6 nitrogen and oxygen atoms in total. The van der Waals surface area contributed by atoms with Crippen LogP contribution in [0.2, 0.25) is 5.02 Å². The monoisotopic (exact) mass is 480 g/mol. The molecule has 0 radical (unpaired) electrons. The van der Waals surface area contributed by atoms with Gasteiger partial charge in [0.15, 0.2) is 0 Å². The molecule has 1 amide bonds. The molecule has 184 valence electrons. The summed E-state index contributed by atoms with van der Waals surface area (Å²) in [5.74, 6) is -0.452. The van der Waals surface area contributed by atoms with Crippen molar-refractivity contribution < 1.29 is 13.9 Å². The van der Waals surface area contributed by atoms with Crippen LogP contribution in [-0.4, -0.2) is 87.8 Å². The Morgan fingerprint density at radius 1 is 1.06 bits per heavy atom. The lowest BCUT2D eigenvalue weighted by atomic mass is 9.91. The molecule has 3 fully saturated rings. The van der Waals surface area contributed by atoms with Gasteiger partial charge in [-0.15, -0.1) is 0 Å². The first-order valence-electron chi connectivity index (χ1n) is 12.5. The minimum absolute atomic E-state index is 0.0572. The second kappa shape index (κ2) is 11.8. The van der Waals surface area contributed by atoms with E-state index < -0.39 is 5.82 Å². The molecule has 1 aromatic carbocycles. The number of halogens is 2. The fourth-order valence-electron chi connectivity index (χ4n) is 5.59. The zero-order valence-corrected chi connectivity index (χ0v) is 20.6. The molecule has 3 aliphatic rings. The molecule has 0 N–H and O–H groups in total. The summed E-state index contributed by atoms with van der Waals surface area (Å²) in [6, 6.07) is 3.91. The molecular weight excluding hydrogens is 443 g/mol. The van der Waals surface area contributed by atoms with Gasteiger partial charge in [0.25, 0.3) is 0 Å². The van der Waals surface area contributed by atoms with E-state index in [2.05, 4.69) is 9.80 Å². The number of ether oxygens (including phenoxy) is 1. The van der Waals surface area contributed by atoms with Crippen molar-refractivity contribution in [2.24, 2.45) is 0 Å². The van der Waals surface area contributed by atoms with Gasteiger partial charge in [-0.25, -0.2) is 4.39 Å². The van der Waals surface area contributed by atoms with Gasteiger partial charge in [-0.2, -0.15) is 0 Å². The van der Waals surface area contributed by atoms with Crippen LogP contribution >= 0.6 is 11.6 Å². The third kappa shape index (κ3) is 6.18. The van der Waals surface area contributed by atoms with Gasteiger partial charge in [-0.05, 0) is 31.7 Å². The number of carbonyl (C=O) groups is 1. The Kier molecular flexibility index (Phi) is 8.85. The Labute approximate surface area is 202 Å². The van der Waals surface area contributed by atoms with Crippen LogP contribution in [-0.2, 0) is 9.53 Å². The number of carbonyl (C=O) groups excluding carboxylic acids is 1. The standard InChI is InChI=1S/C25H38ClFN4O2/c1-28(11-12-29-13-15-33-16-14-29)24-18-23(27)22(26)17-25(24)31(19-32)21-7-9-30(10-8-21)20-5-3-2-4-6-20/h17-21H,2-16H2,1H3. The number of piperidine rings is 1. The van der Waals surface area contributed by atoms with E-state index in [0.29, 0.717) is 17.4 Å². The topological polar surface area (TPSA) is 39.3 Å². The van der Waals surface area contributed by atoms with Crippen LogP contribution in [0.15, 0.2) is 12.1 Å². The first kappa shape index (κ1) is 24.7. The second-order valence-electron chi connectivity index (χ2n) is 9.70. The third-order valence-corrected chi connectivity index (χ3v) is 7.95. The highest BCUT2D eigenvalue weighted by molar-refractivity contribution is 6.31. The number of rotatable bonds is 8. The van der Waals surface area contributed by atoms with Crippen LogP contribution < -0.4 is 9.80 Å². The van der Waals surface area contributed by atoms with Gasteiger partial charge in [0.2, 0.25) is 6.41 Å². The van der Waals surface area contributed by atoms with Gasteiger partial charge >= 0.3 is 0 Å². The average molecular weight is 481 g/mol. The molecule has 0 aromatic heterocycles. The van der Waals surface area contributed by atoms with Gasteiger partial charge in [0, 0.05) is 64.5 Å². The molecule has 2 aliphatic heterocycles. The van der Waals surface area contributed by atoms with Crippen molar-refractivity contribution in [3.8, 4) is 0 Å². The predicted molar refractivity (Wildman–Crippen MR) is 132 cm³/mol. The second-order valence-corrected chi connectivity index (χ2v) is 10.1. The summed E-state index contributed by atoms with van der Waals surface area (Å²) in [4.78, 5) is 21.1. The zero-order valence-electron chi connectivity index (χ0n) is 19.9. The number of amides is 1. The Balaban J connectivity index is 1.45. The van der Waals surface area contributed by atoms with Gasteiger partial charge in [-0.3, -0.25) is 9.69 Å². The number of likely N-dealkylation sites (N-methyl/N-ethyl adjacent to an activating group) is 1. The van der Waals surface area contributed by atoms with Gasteiger partial charge in [0.05, 0.1) is 29.6 Å². The molecule has 2 heterocycles. The van der Waals surface area contributed by atoms with Crippen molar-refractivity contribution in [3.63, 3.8) is 0 Å². The van der Waals surface area contributed by atoms with Gasteiger partial charge in [-0.1, -0.05) is 30.9 Å². The lowest BCUT2D eigenvalue weighted by molar-refractivity contribution is -0.108. The third-order valence-electron chi connectivity index (χ3n) is 7.66. The van der Waals surface area contributed by atoms with Crippen LogP contribution in [0.5, 0.6) is 0 Å². The van der Waals surface area contributed by atoms with Gasteiger partial charge < -0.3 is 19.4 Å². The highest BCUT2D eigenvalue weighted by Gasteiger charge is 2.31. The highest BCUT2D eigenvalue weighted by atomic mass is 35.5. The van der Waals surface area contributed by atoms with Crippen molar-refractivity contribution in [2.45, 2.75) is 57.0 Å². The summed E-state index contributed by atoms with van der Waals surface area (Å²) in [6.45, 7) is 6.95. The van der Waals surface area contributed by atoms with E-state index in [9.17, 15) is 9.18 Å². The maximum absolute atomic E-state index is 14.5. The number of benzene rings is 1. The number of hydrogen-bond donors (Lipinski definition) is 0. The molecule has 8 heteroatoms. The Hall–Kier alpha value is -1.41. The van der Waals surface area contributed by atoms with E-state index in [1.54, 1.807) is 11.0 Å². The Morgan fingerprint density at radius 3 is 2.42 bits per heavy atom. The van der Waals surface area contributed by atoms with Crippen molar-refractivity contribution in [1.29, 1.82) is 0 Å². The highest BCUT2D eigenvalue weighted by Crippen LogP contribution is 2.36. The summed E-state index contributed by atoms with van der Waals surface area (Å²) in [6.07, 6.45) is 9.39. The van der Waals surface area contributed by atoms with E-state index in [-0.39, 0.29) is 11.1 Å². The van der Waals surface area contributed by atoms with Crippen molar-refractivity contribution in [2.75, 3.05) is 69.3 Å². The number of anilines is 2. The Bertz CT molecular complexity index is 778. The minimum Gasteiger partial charge on any atom is -0.379 e. The molecule has 1 aliphatic carbocycles. The molecule has 33 heavy (non-hydrogen) atoms. The minimum atomic E-state index is -0.452. The molecule has 0 spiro atoms. The van der Waals surface area contributed by atoms with Crippen LogP contribution in [0.4, 0.5) is 15.8 Å². The van der Waals surface area contributed by atoms with E-state index in [1.165, 1.54) is 38.2 Å². The maximum Gasteiger partial charge on any atom is 0.214 e. The maximum atomic E-state index is 14.5. The molecule has 0 unspecified atom stereocenters. The first-order chi connectivity index (χ1) is 16.1. The molecule has 0 bridgehead atoms. The molecule has 1 aromatic rings. The van der Waals surface area contributed by atoms with Crippen LogP contribution in [0.25, 0.3) is 0 Å². The average Bonchev–Trinajstić information content (AvgIpc) is 2.86. The summed E-state index contributed by atoms with van der Waals surface area (Å²) >= 11 is 6.19. The van der Waals surface area contributed by atoms with Crippen molar-refractivity contribution in [1.82, 2.24) is 9.80 Å². The van der Waals surface area contributed by atoms with Crippen LogP contribution in [0, 0.1) is 5.82 Å². The summed E-state index contributed by atoms with van der Waals surface area (Å²) < 4.78 is 19.9. The largest absolute Gasteiger partial charge is 0.379 e. The van der Waals surface area contributed by atoms with Crippen molar-refractivity contribution >= 4 is 29.4 Å². The predicted octanol–water partition coefficient (Wildman–Crippen LogP) is 4.01. The number of hydrogen-bond acceptors (Lipinski definition) is 5. The van der Waals surface area contributed by atoms with Crippen LogP contribution in [0.3, 0.4) is 0 Å². The van der Waals surface area contributed by atoms with E-state index in [4.69, 9.17) is 16.3 Å². The smallest absolute Gasteiger partial charge is 0.214 e. The lowest BCUT2D eigenvalue weighted by Crippen LogP contribution is -2.48. The first-order valence-corrected chi connectivity index (χ1v) is 12.9. The number of likely N-dealkylation sites (tertiary alicyclic amines) is 1. The van der Waals surface area contributed by atoms with E-state index in [1.807, 2.05) is 11.9 Å². The number of morpholine rings is 1. The van der Waals surface area contributed by atoms with Crippen LogP contribution in [0.1, 0.15) is 44.9 Å². The van der Waals surface area contributed by atoms with Gasteiger partial charge in [0.1, 0.15) is 5.82 Å². The van der Waals surface area contributed by atoms with E-state index >= 15 is 0 Å². The van der Waals surface area contributed by atoms with Crippen molar-refractivity contribution in [3.05, 3.63) is 23.0 Å². The molecule has 2 saturated heterocycles. The number of nitrogens with zero attached hydrogens (tertiary/aromatic N) is 4. The molecule has 1 saturated carbocycles. The molecular formula is C25H38ClFN4O2. The summed E-state index contributed by atoms with van der Waals surface area (Å²) in [5.41, 5.74) is 1.42. The SMILES string of the molecule is CN(CCN1CCOCC1)c1cc(F)c(Cl)cc1N(C=O)C1CCN(C2CCCCC2)CC1. The molecule has 0 atom stereocenters. The molecule has 4 rings (SSSR count).